The predicted octanol–water partition coefficient (Wildman–Crippen LogP) is 2.60. The molecule has 0 aromatic heterocycles. The average Bonchev–Trinajstić information content (AvgIpc) is 2.62. The van der Waals surface area contributed by atoms with Crippen LogP contribution in [-0.2, 0) is 6.54 Å². The van der Waals surface area contributed by atoms with Gasteiger partial charge in [0.1, 0.15) is 6.54 Å². The molecule has 1 rings (SSSR count). The van der Waals surface area contributed by atoms with Crippen LogP contribution in [0.3, 0.4) is 0 Å². The Labute approximate surface area is 173 Å². The van der Waals surface area contributed by atoms with E-state index in [4.69, 9.17) is 0 Å². The van der Waals surface area contributed by atoms with E-state index in [9.17, 15) is 10.2 Å². The third-order valence-corrected chi connectivity index (χ3v) is 5.74. The summed E-state index contributed by atoms with van der Waals surface area (Å²) in [5.74, 6) is 0. The molecule has 0 amide bonds. The Kier molecular flexibility index (Phi) is 15.0. The Morgan fingerprint density at radius 1 is 0.741 bits per heavy atom. The maximum atomic E-state index is 10.5. The van der Waals surface area contributed by atoms with Crippen LogP contribution < -0.4 is 12.4 Å². The maximum absolute atomic E-state index is 10.5. The van der Waals surface area contributed by atoms with Gasteiger partial charge in [-0.25, -0.2) is 0 Å². The van der Waals surface area contributed by atoms with Gasteiger partial charge in [-0.3, -0.25) is 4.48 Å². The zero-order valence-electron chi connectivity index (χ0n) is 17.7. The lowest BCUT2D eigenvalue weighted by Crippen LogP contribution is -3.00. The summed E-state index contributed by atoms with van der Waals surface area (Å²) in [6.07, 6.45) is 11.8. The van der Waals surface area contributed by atoms with Crippen molar-refractivity contribution < 1.29 is 27.1 Å². The minimum atomic E-state index is -0.575. The Morgan fingerprint density at radius 2 is 1.19 bits per heavy atom. The van der Waals surface area contributed by atoms with E-state index in [-0.39, 0.29) is 12.4 Å². The molecule has 1 aromatic carbocycles. The third-order valence-electron chi connectivity index (χ3n) is 5.74. The lowest BCUT2D eigenvalue weighted by atomic mass is 10.1. The molecule has 0 saturated carbocycles. The standard InChI is InChI=1S/C23H42NO2.ClH/c1-4-5-6-7-8-9-10-11-12-16-19-24(21(2)25,22(3)26)20-23-17-14-13-15-18-23;/h13-15,17-18,21-22,25-26H,4-12,16,19-20H2,1-3H3;1H/q+1;/p-1. The van der Waals surface area contributed by atoms with Gasteiger partial charge in [-0.1, -0.05) is 88.6 Å². The second kappa shape index (κ2) is 15.3. The number of nitrogens with zero attached hydrogens (tertiary/aromatic N) is 1. The first kappa shape index (κ1) is 26.4. The monoisotopic (exact) mass is 399 g/mol. The van der Waals surface area contributed by atoms with E-state index < -0.39 is 12.5 Å². The van der Waals surface area contributed by atoms with Gasteiger partial charge in [-0.05, 0) is 12.8 Å². The fourth-order valence-corrected chi connectivity index (χ4v) is 3.85. The first-order valence-electron chi connectivity index (χ1n) is 10.8. The molecule has 0 saturated heterocycles. The number of benzene rings is 1. The SMILES string of the molecule is CCCCCCCCCCCC[N+](Cc1ccccc1)(C(C)O)C(C)O.[Cl-]. The highest BCUT2D eigenvalue weighted by molar-refractivity contribution is 5.13. The first-order valence-corrected chi connectivity index (χ1v) is 10.8. The highest BCUT2D eigenvalue weighted by atomic mass is 35.5. The van der Waals surface area contributed by atoms with Gasteiger partial charge in [0, 0.05) is 19.4 Å². The zero-order valence-corrected chi connectivity index (χ0v) is 18.5. The maximum Gasteiger partial charge on any atom is 0.189 e. The molecule has 27 heavy (non-hydrogen) atoms. The van der Waals surface area contributed by atoms with Crippen LogP contribution in [-0.4, -0.2) is 33.7 Å². The van der Waals surface area contributed by atoms with Gasteiger partial charge in [0.05, 0.1) is 6.54 Å². The molecule has 1 aromatic rings. The molecule has 0 bridgehead atoms. The molecule has 2 atom stereocenters. The van der Waals surface area contributed by atoms with Crippen LogP contribution >= 0.6 is 0 Å². The van der Waals surface area contributed by atoms with Crippen LogP contribution in [0.4, 0.5) is 0 Å². The van der Waals surface area contributed by atoms with Crippen molar-refractivity contribution in [1.29, 1.82) is 0 Å². The molecule has 2 unspecified atom stereocenters. The minimum absolute atomic E-state index is 0. The lowest BCUT2D eigenvalue weighted by molar-refractivity contribution is -1.02. The molecule has 0 aliphatic carbocycles. The van der Waals surface area contributed by atoms with E-state index in [1.54, 1.807) is 0 Å². The Balaban J connectivity index is 0.00000676. The van der Waals surface area contributed by atoms with E-state index >= 15 is 0 Å². The minimum Gasteiger partial charge on any atom is -1.00 e. The number of aliphatic hydroxyl groups is 2. The van der Waals surface area contributed by atoms with Crippen molar-refractivity contribution in [3.05, 3.63) is 35.9 Å². The number of hydrogen-bond acceptors (Lipinski definition) is 2. The van der Waals surface area contributed by atoms with Crippen molar-refractivity contribution in [1.82, 2.24) is 0 Å². The van der Waals surface area contributed by atoms with Gasteiger partial charge in [-0.2, -0.15) is 0 Å². The normalized spacial score (nSPS) is 15.6. The quantitative estimate of drug-likeness (QED) is 0.270. The Bertz CT molecular complexity index is 443. The zero-order chi connectivity index (χ0) is 19.3. The Morgan fingerprint density at radius 3 is 1.63 bits per heavy atom. The number of aliphatic hydroxyl groups excluding tert-OH is 2. The predicted molar refractivity (Wildman–Crippen MR) is 110 cm³/mol. The number of halogens is 1. The van der Waals surface area contributed by atoms with Crippen LogP contribution in [0.2, 0.25) is 0 Å². The van der Waals surface area contributed by atoms with E-state index in [1.165, 1.54) is 63.4 Å². The fourth-order valence-electron chi connectivity index (χ4n) is 3.85. The summed E-state index contributed by atoms with van der Waals surface area (Å²) < 4.78 is 0.334. The molecule has 0 spiro atoms. The summed E-state index contributed by atoms with van der Waals surface area (Å²) in [6, 6.07) is 10.2. The molecular weight excluding hydrogens is 358 g/mol. The van der Waals surface area contributed by atoms with Gasteiger partial charge < -0.3 is 22.6 Å². The molecule has 4 heteroatoms. The number of hydrogen-bond donors (Lipinski definition) is 2. The largest absolute Gasteiger partial charge is 1.00 e. The molecule has 0 aliphatic heterocycles. The van der Waals surface area contributed by atoms with Gasteiger partial charge in [0.25, 0.3) is 0 Å². The van der Waals surface area contributed by atoms with Crippen LogP contribution in [0.5, 0.6) is 0 Å². The van der Waals surface area contributed by atoms with E-state index in [0.717, 1.165) is 13.0 Å². The molecule has 0 fully saturated rings. The molecular formula is C23H42ClNO2. The van der Waals surface area contributed by atoms with Gasteiger partial charge in [-0.15, -0.1) is 0 Å². The highest BCUT2D eigenvalue weighted by Crippen LogP contribution is 2.24. The van der Waals surface area contributed by atoms with Gasteiger partial charge in [0.15, 0.2) is 12.5 Å². The Hall–Kier alpha value is -0.610. The van der Waals surface area contributed by atoms with Crippen molar-refractivity contribution in [3.8, 4) is 0 Å². The van der Waals surface area contributed by atoms with E-state index in [1.807, 2.05) is 32.0 Å². The number of quaternary nitrogens is 1. The molecule has 158 valence electrons. The summed E-state index contributed by atoms with van der Waals surface area (Å²) in [5.41, 5.74) is 1.17. The lowest BCUT2D eigenvalue weighted by Gasteiger charge is -2.43. The van der Waals surface area contributed by atoms with E-state index in [0.29, 0.717) is 11.0 Å². The van der Waals surface area contributed by atoms with Crippen molar-refractivity contribution in [2.75, 3.05) is 6.54 Å². The van der Waals surface area contributed by atoms with E-state index in [2.05, 4.69) is 19.1 Å². The summed E-state index contributed by atoms with van der Waals surface area (Å²) in [5, 5.41) is 20.9. The highest BCUT2D eigenvalue weighted by Gasteiger charge is 2.37. The van der Waals surface area contributed by atoms with Crippen molar-refractivity contribution in [3.63, 3.8) is 0 Å². The fraction of sp³-hybridized carbons (Fsp3) is 0.739. The van der Waals surface area contributed by atoms with Crippen LogP contribution in [0.25, 0.3) is 0 Å². The molecule has 0 heterocycles. The summed E-state index contributed by atoms with van der Waals surface area (Å²) in [4.78, 5) is 0. The summed E-state index contributed by atoms with van der Waals surface area (Å²) in [7, 11) is 0. The van der Waals surface area contributed by atoms with Crippen LogP contribution in [0, 0.1) is 0 Å². The van der Waals surface area contributed by atoms with Crippen molar-refractivity contribution >= 4 is 0 Å². The topological polar surface area (TPSA) is 40.5 Å². The summed E-state index contributed by atoms with van der Waals surface area (Å²) in [6.45, 7) is 7.38. The summed E-state index contributed by atoms with van der Waals surface area (Å²) >= 11 is 0. The second-order valence-electron chi connectivity index (χ2n) is 7.92. The average molecular weight is 400 g/mol. The number of rotatable bonds is 15. The van der Waals surface area contributed by atoms with Crippen LogP contribution in [0.15, 0.2) is 30.3 Å². The number of unbranched alkanes of at least 4 members (excludes halogenated alkanes) is 9. The smallest absolute Gasteiger partial charge is 0.189 e. The second-order valence-corrected chi connectivity index (χ2v) is 7.92. The van der Waals surface area contributed by atoms with Crippen molar-refractivity contribution in [2.45, 2.75) is 104 Å². The van der Waals surface area contributed by atoms with Crippen molar-refractivity contribution in [2.24, 2.45) is 0 Å². The van der Waals surface area contributed by atoms with Crippen LogP contribution in [0.1, 0.15) is 90.5 Å². The molecule has 0 aliphatic rings. The molecule has 3 nitrogen and oxygen atoms in total. The van der Waals surface area contributed by atoms with Gasteiger partial charge >= 0.3 is 0 Å². The molecule has 2 N–H and O–H groups in total. The van der Waals surface area contributed by atoms with Gasteiger partial charge in [0.2, 0.25) is 0 Å². The first-order chi connectivity index (χ1) is 12.5. The molecule has 0 radical (unpaired) electrons. The third kappa shape index (κ3) is 9.94.